The van der Waals surface area contributed by atoms with Crippen LogP contribution in [0, 0.1) is 12.3 Å². The van der Waals surface area contributed by atoms with Gasteiger partial charge in [0.25, 0.3) is 11.5 Å². The minimum absolute atomic E-state index is 0.0617. The summed E-state index contributed by atoms with van der Waals surface area (Å²) < 4.78 is 3.33. The van der Waals surface area contributed by atoms with Crippen molar-refractivity contribution >= 4 is 22.6 Å². The number of carbonyl (C=O) groups is 1. The molecule has 0 unspecified atom stereocenters. The molecule has 1 aliphatic carbocycles. The van der Waals surface area contributed by atoms with Gasteiger partial charge in [0.2, 0.25) is 0 Å². The number of aromatic nitrogens is 3. The third kappa shape index (κ3) is 3.49. The van der Waals surface area contributed by atoms with E-state index in [1.54, 1.807) is 10.8 Å². The number of fused-ring (bicyclic) bond motifs is 2. The summed E-state index contributed by atoms with van der Waals surface area (Å²) in [6, 6.07) is 15.0. The van der Waals surface area contributed by atoms with Gasteiger partial charge in [0.05, 0.1) is 10.9 Å². The summed E-state index contributed by atoms with van der Waals surface area (Å²) in [5.74, 6) is -0.360. The number of amides is 1. The first-order valence-electron chi connectivity index (χ1n) is 11.0. The fraction of sp³-hybridized carbons (Fsp3) is 0.280. The summed E-state index contributed by atoms with van der Waals surface area (Å²) in [4.78, 5) is 31.2. The van der Waals surface area contributed by atoms with Crippen LogP contribution in [0.1, 0.15) is 53.2 Å². The third-order valence-corrected chi connectivity index (χ3v) is 6.23. The molecule has 32 heavy (non-hydrogen) atoms. The molecule has 1 saturated carbocycles. The van der Waals surface area contributed by atoms with Crippen molar-refractivity contribution in [3.63, 3.8) is 0 Å². The van der Waals surface area contributed by atoms with Gasteiger partial charge in [-0.25, -0.2) is 4.98 Å². The number of hydrogen-bond donors (Lipinski definition) is 2. The van der Waals surface area contributed by atoms with Crippen molar-refractivity contribution in [1.29, 1.82) is 5.41 Å². The highest BCUT2D eigenvalue weighted by Crippen LogP contribution is 2.30. The van der Waals surface area contributed by atoms with Crippen molar-refractivity contribution < 1.29 is 4.79 Å². The molecule has 0 radical (unpaired) electrons. The van der Waals surface area contributed by atoms with Crippen molar-refractivity contribution in [2.75, 3.05) is 0 Å². The molecule has 0 atom stereocenters. The Balaban J connectivity index is 1.69. The van der Waals surface area contributed by atoms with E-state index >= 15 is 0 Å². The van der Waals surface area contributed by atoms with Crippen LogP contribution in [-0.2, 0) is 6.54 Å². The Morgan fingerprint density at radius 3 is 2.66 bits per heavy atom. The summed E-state index contributed by atoms with van der Waals surface area (Å²) in [6.45, 7) is 2.28. The minimum Gasteiger partial charge on any atom is -0.348 e. The van der Waals surface area contributed by atoms with E-state index < -0.39 is 0 Å². The fourth-order valence-corrected chi connectivity index (χ4v) is 4.57. The SMILES string of the molecule is Cc1ccc2nc3c(cc(C(=O)NCc4ccccc4)c(=N)n3C3CCCC3)c(=O)n2c1. The van der Waals surface area contributed by atoms with Crippen LogP contribution in [0.25, 0.3) is 16.7 Å². The molecule has 0 saturated heterocycles. The van der Waals surface area contributed by atoms with Crippen LogP contribution in [0.4, 0.5) is 0 Å². The highest BCUT2D eigenvalue weighted by Gasteiger charge is 2.24. The molecular weight excluding hydrogens is 402 g/mol. The first kappa shape index (κ1) is 20.2. The van der Waals surface area contributed by atoms with Gasteiger partial charge in [-0.3, -0.25) is 19.4 Å². The highest BCUT2D eigenvalue weighted by molar-refractivity contribution is 5.96. The zero-order chi connectivity index (χ0) is 22.2. The van der Waals surface area contributed by atoms with Crippen LogP contribution in [-0.4, -0.2) is 19.9 Å². The van der Waals surface area contributed by atoms with E-state index in [9.17, 15) is 9.59 Å². The highest BCUT2D eigenvalue weighted by atomic mass is 16.1. The van der Waals surface area contributed by atoms with Crippen LogP contribution in [0.5, 0.6) is 0 Å². The number of benzene rings is 1. The molecule has 1 aromatic carbocycles. The molecule has 3 aromatic heterocycles. The summed E-state index contributed by atoms with van der Waals surface area (Å²) in [6.07, 6.45) is 5.71. The van der Waals surface area contributed by atoms with E-state index in [1.165, 1.54) is 10.5 Å². The molecule has 3 heterocycles. The number of aryl methyl sites for hydroxylation is 1. The maximum absolute atomic E-state index is 13.4. The number of nitrogens with zero attached hydrogens (tertiary/aromatic N) is 3. The number of nitrogens with one attached hydrogen (secondary N) is 2. The van der Waals surface area contributed by atoms with E-state index in [4.69, 9.17) is 10.4 Å². The van der Waals surface area contributed by atoms with E-state index in [-0.39, 0.29) is 28.6 Å². The predicted octanol–water partition coefficient (Wildman–Crippen LogP) is 3.48. The van der Waals surface area contributed by atoms with Crippen LogP contribution in [0.3, 0.4) is 0 Å². The van der Waals surface area contributed by atoms with Crippen molar-refractivity contribution in [1.82, 2.24) is 19.3 Å². The zero-order valence-electron chi connectivity index (χ0n) is 18.0. The van der Waals surface area contributed by atoms with Gasteiger partial charge >= 0.3 is 0 Å². The molecule has 1 fully saturated rings. The van der Waals surface area contributed by atoms with E-state index in [2.05, 4.69) is 5.32 Å². The standard InChI is InChI=1S/C25H25N5O2/c1-16-11-12-21-28-23-20(25(32)29(21)15-16)13-19(22(26)30(23)18-9-5-6-10-18)24(31)27-14-17-7-3-2-4-8-17/h2-4,7-8,11-13,15,18,26H,5-6,9-10,14H2,1H3,(H,27,31). The molecule has 162 valence electrons. The molecule has 2 N–H and O–H groups in total. The van der Waals surface area contributed by atoms with Crippen LogP contribution in [0.2, 0.25) is 0 Å². The molecule has 1 amide bonds. The fourth-order valence-electron chi connectivity index (χ4n) is 4.57. The summed E-state index contributed by atoms with van der Waals surface area (Å²) in [5.41, 5.74) is 3.03. The number of pyridine rings is 2. The van der Waals surface area contributed by atoms with Crippen molar-refractivity contribution in [2.45, 2.75) is 45.2 Å². The first-order chi connectivity index (χ1) is 15.5. The smallest absolute Gasteiger partial charge is 0.267 e. The van der Waals surface area contributed by atoms with E-state index in [0.717, 1.165) is 36.8 Å². The third-order valence-electron chi connectivity index (χ3n) is 6.23. The van der Waals surface area contributed by atoms with Crippen LogP contribution < -0.4 is 16.4 Å². The van der Waals surface area contributed by atoms with Gasteiger partial charge < -0.3 is 9.88 Å². The zero-order valence-corrected chi connectivity index (χ0v) is 18.0. The van der Waals surface area contributed by atoms with Gasteiger partial charge in [-0.15, -0.1) is 0 Å². The molecular formula is C25H25N5O2. The van der Waals surface area contributed by atoms with Gasteiger partial charge in [0.1, 0.15) is 16.8 Å². The first-order valence-corrected chi connectivity index (χ1v) is 11.0. The van der Waals surface area contributed by atoms with Crippen molar-refractivity contribution in [3.05, 3.63) is 87.3 Å². The molecule has 0 bridgehead atoms. The van der Waals surface area contributed by atoms with Crippen LogP contribution >= 0.6 is 0 Å². The number of rotatable bonds is 4. The normalized spacial score (nSPS) is 14.3. The van der Waals surface area contributed by atoms with Crippen LogP contribution in [0.15, 0.2) is 59.5 Å². The topological polar surface area (TPSA) is 92.2 Å². The van der Waals surface area contributed by atoms with E-state index in [1.807, 2.05) is 49.4 Å². The Morgan fingerprint density at radius 1 is 1.16 bits per heavy atom. The molecule has 5 rings (SSSR count). The lowest BCUT2D eigenvalue weighted by atomic mass is 10.1. The van der Waals surface area contributed by atoms with Gasteiger partial charge in [-0.2, -0.15) is 0 Å². The predicted molar refractivity (Wildman–Crippen MR) is 123 cm³/mol. The number of carbonyl (C=O) groups excluding carboxylic acids is 1. The summed E-state index contributed by atoms with van der Waals surface area (Å²) in [5, 5.41) is 12.1. The average Bonchev–Trinajstić information content (AvgIpc) is 3.33. The second-order valence-corrected chi connectivity index (χ2v) is 8.47. The molecule has 7 heteroatoms. The second kappa shape index (κ2) is 8.07. The largest absolute Gasteiger partial charge is 0.348 e. The lowest BCUT2D eigenvalue weighted by Crippen LogP contribution is -2.36. The Bertz CT molecular complexity index is 1450. The maximum Gasteiger partial charge on any atom is 0.267 e. The number of hydrogen-bond acceptors (Lipinski definition) is 4. The monoisotopic (exact) mass is 427 g/mol. The molecule has 4 aromatic rings. The van der Waals surface area contributed by atoms with Gasteiger partial charge in [-0.05, 0) is 43.0 Å². The summed E-state index contributed by atoms with van der Waals surface area (Å²) >= 11 is 0. The summed E-state index contributed by atoms with van der Waals surface area (Å²) in [7, 11) is 0. The Hall–Kier alpha value is -3.74. The molecule has 0 aliphatic heterocycles. The average molecular weight is 428 g/mol. The van der Waals surface area contributed by atoms with E-state index in [0.29, 0.717) is 23.2 Å². The van der Waals surface area contributed by atoms with Crippen molar-refractivity contribution in [2.24, 2.45) is 0 Å². The van der Waals surface area contributed by atoms with Gasteiger partial charge in [0, 0.05) is 18.8 Å². The maximum atomic E-state index is 13.4. The molecule has 1 aliphatic rings. The lowest BCUT2D eigenvalue weighted by Gasteiger charge is -2.19. The molecule has 7 nitrogen and oxygen atoms in total. The quantitative estimate of drug-likeness (QED) is 0.489. The minimum atomic E-state index is -0.360. The van der Waals surface area contributed by atoms with Gasteiger partial charge in [-0.1, -0.05) is 49.2 Å². The van der Waals surface area contributed by atoms with Gasteiger partial charge in [0.15, 0.2) is 0 Å². The lowest BCUT2D eigenvalue weighted by molar-refractivity contribution is 0.0948. The Kier molecular flexibility index (Phi) is 5.09. The van der Waals surface area contributed by atoms with Crippen molar-refractivity contribution in [3.8, 4) is 0 Å². The second-order valence-electron chi connectivity index (χ2n) is 8.47. The Morgan fingerprint density at radius 2 is 1.91 bits per heavy atom. The molecule has 0 spiro atoms. The Labute approximate surface area is 184 Å².